The molecule has 0 radical (unpaired) electrons. The summed E-state index contributed by atoms with van der Waals surface area (Å²) in [5, 5.41) is 12.9. The molecular weight excluding hydrogens is 674 g/mol. The quantitative estimate of drug-likeness (QED) is 0.325. The van der Waals surface area contributed by atoms with Crippen molar-refractivity contribution in [1.29, 1.82) is 0 Å². The van der Waals surface area contributed by atoms with Crippen molar-refractivity contribution < 1.29 is 28.4 Å². The third kappa shape index (κ3) is 8.57. The number of nitrogens with zero attached hydrogens (tertiary/aromatic N) is 2. The van der Waals surface area contributed by atoms with E-state index in [2.05, 4.69) is 22.6 Å². The van der Waals surface area contributed by atoms with Crippen molar-refractivity contribution in [2.75, 3.05) is 45.8 Å². The van der Waals surface area contributed by atoms with E-state index in [4.69, 9.17) is 21.1 Å². The molecule has 2 bridgehead atoms. The van der Waals surface area contributed by atoms with Gasteiger partial charge in [-0.3, -0.25) is 14.3 Å². The van der Waals surface area contributed by atoms with Gasteiger partial charge in [0, 0.05) is 50.8 Å². The molecule has 0 aromatic heterocycles. The number of anilines is 1. The van der Waals surface area contributed by atoms with Crippen LogP contribution in [0.3, 0.4) is 0 Å². The van der Waals surface area contributed by atoms with Gasteiger partial charge in [-0.25, -0.2) is 4.21 Å². The zero-order valence-electron chi connectivity index (χ0n) is 30.9. The minimum atomic E-state index is -1.65. The average molecular weight is 730 g/mol. The Labute approximate surface area is 306 Å². The minimum Gasteiger partial charge on any atom is -0.491 e. The van der Waals surface area contributed by atoms with Crippen molar-refractivity contribution in [2.24, 2.45) is 17.8 Å². The Morgan fingerprint density at radius 3 is 2.56 bits per heavy atom. The number of methoxy groups -OCH3 is 1. The summed E-state index contributed by atoms with van der Waals surface area (Å²) in [5.41, 5.74) is 1.97. The number of halogens is 1. The smallest absolute Gasteiger partial charge is 0.263 e. The monoisotopic (exact) mass is 729 g/mol. The third-order valence-electron chi connectivity index (χ3n) is 10.5. The second-order valence-electron chi connectivity index (χ2n) is 13.9. The van der Waals surface area contributed by atoms with Crippen LogP contribution in [0.1, 0.15) is 87.7 Å². The molecule has 11 heteroatoms. The van der Waals surface area contributed by atoms with Gasteiger partial charge in [-0.05, 0) is 91.8 Å². The number of allylic oxidation sites excluding steroid dienone is 1. The van der Waals surface area contributed by atoms with Crippen LogP contribution in [0.2, 0.25) is 5.02 Å². The van der Waals surface area contributed by atoms with Crippen molar-refractivity contribution in [2.45, 2.75) is 89.6 Å². The van der Waals surface area contributed by atoms with Crippen LogP contribution in [0.5, 0.6) is 5.75 Å². The molecule has 2 amide bonds. The summed E-state index contributed by atoms with van der Waals surface area (Å²) in [4.78, 5) is 30.6. The molecule has 1 fully saturated rings. The molecule has 50 heavy (non-hydrogen) atoms. The van der Waals surface area contributed by atoms with Crippen LogP contribution in [0.4, 0.5) is 5.69 Å². The normalized spacial score (nSPS) is 29.4. The lowest BCUT2D eigenvalue weighted by atomic mass is 9.62. The first-order valence-corrected chi connectivity index (χ1v) is 19.6. The van der Waals surface area contributed by atoms with E-state index in [-0.39, 0.29) is 34.8 Å². The molecule has 2 N–H and O–H groups in total. The maximum absolute atomic E-state index is 13.4. The Bertz CT molecular complexity index is 1550. The van der Waals surface area contributed by atoms with E-state index in [0.717, 1.165) is 31.4 Å². The Hall–Kier alpha value is -2.92. The number of nitrogens with one attached hydrogen (secondary N) is 1. The lowest BCUT2D eigenvalue weighted by Crippen LogP contribution is -2.60. The predicted octanol–water partition coefficient (Wildman–Crippen LogP) is 6.54. The summed E-state index contributed by atoms with van der Waals surface area (Å²) in [6, 6.07) is 11.4. The fraction of sp³-hybridized carbons (Fsp3) is 0.590. The van der Waals surface area contributed by atoms with Crippen LogP contribution in [0.25, 0.3) is 0 Å². The Morgan fingerprint density at radius 1 is 1.18 bits per heavy atom. The molecule has 2 aromatic rings. The van der Waals surface area contributed by atoms with Gasteiger partial charge < -0.3 is 24.4 Å². The number of aryl methyl sites for hydroxylation is 1. The van der Waals surface area contributed by atoms with Crippen molar-refractivity contribution in [3.8, 4) is 5.75 Å². The van der Waals surface area contributed by atoms with Crippen LogP contribution in [-0.2, 0) is 26.9 Å². The number of rotatable bonds is 6. The number of benzene rings is 2. The maximum atomic E-state index is 13.4. The van der Waals surface area contributed by atoms with Crippen LogP contribution >= 0.6 is 11.6 Å². The first kappa shape index (κ1) is 39.9. The van der Waals surface area contributed by atoms with E-state index >= 15 is 0 Å². The highest BCUT2D eigenvalue weighted by Crippen LogP contribution is 2.47. The Balaban J connectivity index is 0.00000276. The zero-order valence-corrected chi connectivity index (χ0v) is 32.5. The lowest BCUT2D eigenvalue weighted by molar-refractivity contribution is -0.168. The highest BCUT2D eigenvalue weighted by atomic mass is 35.5. The zero-order chi connectivity index (χ0) is 36.7. The molecule has 8 unspecified atom stereocenters. The standard InChI is InChI=1S/C37H50ClN3O6S.C2H6/c1-7-9-25-18-29(38)13-14-30(25)28-21-41-20-27-11-15-31(27)37(44,34(46-6)36(43)40(4)5)17-8-10-23(2)24(3)48(45)39-35(42)26-12-16-33(47-22-28)32(41)19-26;1-2/h8,12-14,16-19,23-24,27-28,31,34,44H,7,9-11,15,20-22H2,1-6H3,(H,39,42);1-2H3/b17-8+;. The summed E-state index contributed by atoms with van der Waals surface area (Å²) in [6.45, 7) is 11.6. The molecule has 5 rings (SSSR count). The molecule has 1 saturated carbocycles. The summed E-state index contributed by atoms with van der Waals surface area (Å²) in [5.74, 6) is -0.363. The molecule has 2 aromatic carbocycles. The van der Waals surface area contributed by atoms with Crippen LogP contribution in [-0.4, -0.2) is 83.9 Å². The number of aliphatic hydroxyl groups is 1. The molecular formula is C39H56ClN3O6S. The number of hydrogen-bond donors (Lipinski definition) is 2. The van der Waals surface area contributed by atoms with Gasteiger partial charge in [0.15, 0.2) is 6.10 Å². The molecule has 2 heterocycles. The number of amides is 2. The lowest BCUT2D eigenvalue weighted by Gasteiger charge is -2.50. The molecule has 276 valence electrons. The van der Waals surface area contributed by atoms with E-state index in [1.807, 2.05) is 58.0 Å². The molecule has 0 saturated heterocycles. The summed E-state index contributed by atoms with van der Waals surface area (Å²) in [6.07, 6.45) is 6.47. The topological polar surface area (TPSA) is 108 Å². The van der Waals surface area contributed by atoms with E-state index in [0.29, 0.717) is 42.5 Å². The van der Waals surface area contributed by atoms with Crippen molar-refractivity contribution in [3.63, 3.8) is 0 Å². The van der Waals surface area contributed by atoms with Crippen LogP contribution < -0.4 is 14.4 Å². The first-order valence-electron chi connectivity index (χ1n) is 18.0. The van der Waals surface area contributed by atoms with Gasteiger partial charge in [0.2, 0.25) is 0 Å². The maximum Gasteiger partial charge on any atom is 0.263 e. The van der Waals surface area contributed by atoms with Crippen molar-refractivity contribution in [3.05, 3.63) is 70.3 Å². The molecule has 2 aliphatic heterocycles. The molecule has 1 aliphatic carbocycles. The largest absolute Gasteiger partial charge is 0.491 e. The first-order chi connectivity index (χ1) is 23.9. The summed E-state index contributed by atoms with van der Waals surface area (Å²) < 4.78 is 28.3. The van der Waals surface area contributed by atoms with Crippen molar-refractivity contribution >= 4 is 40.1 Å². The minimum absolute atomic E-state index is 0.00767. The second-order valence-corrected chi connectivity index (χ2v) is 15.9. The molecule has 3 aliphatic rings. The van der Waals surface area contributed by atoms with Crippen molar-refractivity contribution in [1.82, 2.24) is 9.62 Å². The van der Waals surface area contributed by atoms with Gasteiger partial charge in [0.05, 0.1) is 17.5 Å². The van der Waals surface area contributed by atoms with Gasteiger partial charge in [0.25, 0.3) is 11.8 Å². The van der Waals surface area contributed by atoms with Crippen LogP contribution in [0.15, 0.2) is 48.6 Å². The average Bonchev–Trinajstić information content (AvgIpc) is 3.26. The van der Waals surface area contributed by atoms with Crippen LogP contribution in [0, 0.1) is 17.8 Å². The number of carbonyl (C=O) groups is 2. The fourth-order valence-corrected chi connectivity index (χ4v) is 8.59. The van der Waals surface area contributed by atoms with Gasteiger partial charge in [-0.1, -0.05) is 63.9 Å². The van der Waals surface area contributed by atoms with E-state index in [1.54, 1.807) is 26.2 Å². The Kier molecular flexibility index (Phi) is 14.0. The van der Waals surface area contributed by atoms with E-state index in [9.17, 15) is 18.9 Å². The number of likely N-dealkylation sites (N-methyl/N-ethyl adjacent to an activating group) is 1. The highest BCUT2D eigenvalue weighted by molar-refractivity contribution is 7.84. The van der Waals surface area contributed by atoms with Gasteiger partial charge in [-0.2, -0.15) is 0 Å². The van der Waals surface area contributed by atoms with Gasteiger partial charge >= 0.3 is 0 Å². The second kappa shape index (κ2) is 17.5. The fourth-order valence-electron chi connectivity index (χ4n) is 7.38. The number of carbonyl (C=O) groups excluding carboxylic acids is 2. The third-order valence-corrected chi connectivity index (χ3v) is 12.3. The summed E-state index contributed by atoms with van der Waals surface area (Å²) >= 11 is 6.43. The number of hydrogen-bond acceptors (Lipinski definition) is 7. The molecule has 0 spiro atoms. The van der Waals surface area contributed by atoms with Gasteiger partial charge in [-0.15, -0.1) is 0 Å². The van der Waals surface area contributed by atoms with E-state index < -0.39 is 28.6 Å². The highest BCUT2D eigenvalue weighted by Gasteiger charge is 2.53. The number of ether oxygens (including phenoxy) is 2. The number of fused-ring (bicyclic) bond motifs is 2. The summed E-state index contributed by atoms with van der Waals surface area (Å²) in [7, 11) is 3.15. The Morgan fingerprint density at radius 2 is 1.92 bits per heavy atom. The SMILES string of the molecule is CC.CCCc1cc(Cl)ccc1C1COc2ccc3cc2N(C1)CC1CCC1C(O)(C(OC)C(=O)N(C)C)/C=C/CC(C)C(C)S(=O)NC3=O. The van der Waals surface area contributed by atoms with Gasteiger partial charge in [0.1, 0.15) is 22.3 Å². The molecule has 8 atom stereocenters. The molecule has 9 nitrogen and oxygen atoms in total. The van der Waals surface area contributed by atoms with E-state index in [1.165, 1.54) is 23.1 Å². The predicted molar refractivity (Wildman–Crippen MR) is 202 cm³/mol.